The van der Waals surface area contributed by atoms with Gasteiger partial charge in [0.05, 0.1) is 11.3 Å². The second kappa shape index (κ2) is 6.11. The van der Waals surface area contributed by atoms with Gasteiger partial charge in [-0.25, -0.2) is 4.68 Å². The third kappa shape index (κ3) is 2.63. The highest BCUT2D eigenvalue weighted by Crippen LogP contribution is 2.35. The Balaban J connectivity index is 1.89. The zero-order valence-corrected chi connectivity index (χ0v) is 14.5. The van der Waals surface area contributed by atoms with E-state index >= 15 is 0 Å². The van der Waals surface area contributed by atoms with Crippen LogP contribution in [-0.2, 0) is 4.79 Å². The van der Waals surface area contributed by atoms with Crippen molar-refractivity contribution in [3.8, 4) is 11.4 Å². The molecule has 0 saturated carbocycles. The van der Waals surface area contributed by atoms with Crippen molar-refractivity contribution >= 4 is 11.9 Å². The van der Waals surface area contributed by atoms with Gasteiger partial charge < -0.3 is 11.1 Å². The van der Waals surface area contributed by atoms with Gasteiger partial charge in [0.2, 0.25) is 11.9 Å². The number of aryl methyl sites for hydroxylation is 1. The number of nitrogens with zero attached hydrogens (tertiary/aromatic N) is 4. The van der Waals surface area contributed by atoms with E-state index in [0.29, 0.717) is 28.7 Å². The number of aromatic nitrogens is 4. The van der Waals surface area contributed by atoms with E-state index in [-0.39, 0.29) is 0 Å². The minimum Gasteiger partial charge on any atom is -0.366 e. The van der Waals surface area contributed by atoms with Crippen LogP contribution in [0.3, 0.4) is 0 Å². The summed E-state index contributed by atoms with van der Waals surface area (Å²) in [4.78, 5) is 21.1. The zero-order valence-electron chi connectivity index (χ0n) is 14.5. The van der Waals surface area contributed by atoms with E-state index in [1.54, 1.807) is 17.8 Å². The number of fused-ring (bicyclic) bond motifs is 1. The van der Waals surface area contributed by atoms with Crippen molar-refractivity contribution in [2.24, 2.45) is 5.73 Å². The fourth-order valence-corrected chi connectivity index (χ4v) is 3.19. The zero-order chi connectivity index (χ0) is 18.3. The summed E-state index contributed by atoms with van der Waals surface area (Å²) in [5, 5.41) is 7.78. The first kappa shape index (κ1) is 16.0. The van der Waals surface area contributed by atoms with Crippen LogP contribution in [0.15, 0.2) is 59.9 Å². The minimum atomic E-state index is -0.518. The van der Waals surface area contributed by atoms with Crippen molar-refractivity contribution in [3.63, 3.8) is 0 Å². The first-order chi connectivity index (χ1) is 12.5. The monoisotopic (exact) mass is 346 g/mol. The molecule has 0 spiro atoms. The summed E-state index contributed by atoms with van der Waals surface area (Å²) in [6.07, 6.45) is 1.68. The second-order valence-electron chi connectivity index (χ2n) is 6.26. The van der Waals surface area contributed by atoms with E-state index in [0.717, 1.165) is 11.1 Å². The Labute approximate surface area is 150 Å². The normalized spacial score (nSPS) is 16.2. The molecule has 1 aliphatic heterocycles. The van der Waals surface area contributed by atoms with Crippen molar-refractivity contribution in [3.05, 3.63) is 71.2 Å². The number of hydrogen-bond acceptors (Lipinski definition) is 5. The summed E-state index contributed by atoms with van der Waals surface area (Å²) in [5.41, 5.74) is 9.45. The molecule has 2 aromatic heterocycles. The molecule has 3 heterocycles. The lowest BCUT2D eigenvalue weighted by atomic mass is 9.99. The number of carbonyl (C=O) groups is 1. The highest BCUT2D eigenvalue weighted by Gasteiger charge is 2.34. The number of nitrogens with one attached hydrogen (secondary N) is 1. The van der Waals surface area contributed by atoms with Crippen LogP contribution in [0.5, 0.6) is 0 Å². The average Bonchev–Trinajstić information content (AvgIpc) is 3.04. The largest absolute Gasteiger partial charge is 0.366 e. The lowest BCUT2D eigenvalue weighted by Gasteiger charge is -2.26. The van der Waals surface area contributed by atoms with Crippen molar-refractivity contribution in [2.75, 3.05) is 5.32 Å². The fourth-order valence-electron chi connectivity index (χ4n) is 3.19. The number of nitrogens with two attached hydrogens (primary N) is 1. The van der Waals surface area contributed by atoms with E-state index in [2.05, 4.69) is 20.4 Å². The van der Waals surface area contributed by atoms with E-state index in [4.69, 9.17) is 5.73 Å². The van der Waals surface area contributed by atoms with Crippen molar-refractivity contribution < 1.29 is 4.79 Å². The highest BCUT2D eigenvalue weighted by atomic mass is 16.1. The maximum Gasteiger partial charge on any atom is 0.248 e. The summed E-state index contributed by atoms with van der Waals surface area (Å²) in [6, 6.07) is 13.0. The molecule has 1 atom stereocenters. The number of primary amides is 1. The van der Waals surface area contributed by atoms with Gasteiger partial charge in [0, 0.05) is 17.5 Å². The molecular weight excluding hydrogens is 328 g/mol. The molecule has 3 N–H and O–H groups in total. The summed E-state index contributed by atoms with van der Waals surface area (Å²) >= 11 is 0. The van der Waals surface area contributed by atoms with E-state index < -0.39 is 11.9 Å². The molecule has 3 aromatic rings. The quantitative estimate of drug-likeness (QED) is 0.759. The van der Waals surface area contributed by atoms with Gasteiger partial charge >= 0.3 is 0 Å². The fraction of sp³-hybridized carbons (Fsp3) is 0.158. The molecule has 130 valence electrons. The average molecular weight is 346 g/mol. The number of amides is 1. The number of hydrogen-bond donors (Lipinski definition) is 2. The summed E-state index contributed by atoms with van der Waals surface area (Å²) in [6.45, 7) is 3.83. The SMILES string of the molecule is CC1=C(C(N)=O)C(c2ccccn2)n2nc(-c3cccc(C)c3)nc2N1. The van der Waals surface area contributed by atoms with Gasteiger partial charge in [-0.15, -0.1) is 5.10 Å². The van der Waals surface area contributed by atoms with Gasteiger partial charge in [-0.3, -0.25) is 9.78 Å². The molecule has 1 aromatic carbocycles. The molecule has 7 nitrogen and oxygen atoms in total. The molecule has 0 aliphatic carbocycles. The molecule has 1 aliphatic rings. The third-order valence-corrected chi connectivity index (χ3v) is 4.36. The van der Waals surface area contributed by atoms with Crippen LogP contribution in [0.4, 0.5) is 5.95 Å². The molecule has 7 heteroatoms. The van der Waals surface area contributed by atoms with Gasteiger partial charge in [0.15, 0.2) is 5.82 Å². The predicted molar refractivity (Wildman–Crippen MR) is 98.1 cm³/mol. The van der Waals surface area contributed by atoms with E-state index in [1.807, 2.05) is 49.4 Å². The first-order valence-electron chi connectivity index (χ1n) is 8.26. The van der Waals surface area contributed by atoms with Gasteiger partial charge in [-0.1, -0.05) is 29.8 Å². The number of anilines is 1. The molecule has 1 amide bonds. The van der Waals surface area contributed by atoms with Crippen molar-refractivity contribution in [2.45, 2.75) is 19.9 Å². The number of pyridine rings is 1. The topological polar surface area (TPSA) is 98.7 Å². The Morgan fingerprint density at radius 3 is 2.73 bits per heavy atom. The van der Waals surface area contributed by atoms with Crippen LogP contribution in [0.1, 0.15) is 24.2 Å². The molecule has 1 unspecified atom stereocenters. The van der Waals surface area contributed by atoms with Crippen LogP contribution >= 0.6 is 0 Å². The Hall–Kier alpha value is -3.48. The molecule has 0 saturated heterocycles. The summed E-state index contributed by atoms with van der Waals surface area (Å²) in [7, 11) is 0. The van der Waals surface area contributed by atoms with Gasteiger partial charge in [0.1, 0.15) is 6.04 Å². The Morgan fingerprint density at radius 1 is 1.19 bits per heavy atom. The minimum absolute atomic E-state index is 0.428. The molecule has 4 rings (SSSR count). The second-order valence-corrected chi connectivity index (χ2v) is 6.26. The van der Waals surface area contributed by atoms with Gasteiger partial charge in [-0.2, -0.15) is 4.98 Å². The smallest absolute Gasteiger partial charge is 0.248 e. The molecular formula is C19H18N6O. The van der Waals surface area contributed by atoms with Gasteiger partial charge in [0.25, 0.3) is 0 Å². The summed E-state index contributed by atoms with van der Waals surface area (Å²) in [5.74, 6) is 0.624. The molecule has 26 heavy (non-hydrogen) atoms. The Morgan fingerprint density at radius 2 is 2.04 bits per heavy atom. The van der Waals surface area contributed by atoms with Crippen molar-refractivity contribution in [1.82, 2.24) is 19.7 Å². The van der Waals surface area contributed by atoms with Crippen molar-refractivity contribution in [1.29, 1.82) is 0 Å². The van der Waals surface area contributed by atoms with E-state index in [9.17, 15) is 4.79 Å². The predicted octanol–water partition coefficient (Wildman–Crippen LogP) is 2.42. The number of benzene rings is 1. The lowest BCUT2D eigenvalue weighted by Crippen LogP contribution is -2.32. The molecule has 0 radical (unpaired) electrons. The molecule has 0 bridgehead atoms. The Bertz CT molecular complexity index is 1020. The van der Waals surface area contributed by atoms with Crippen LogP contribution in [-0.4, -0.2) is 25.7 Å². The molecule has 0 fully saturated rings. The standard InChI is InChI=1S/C19H18N6O/c1-11-6-5-7-13(10-11)18-23-19-22-12(2)15(17(20)26)16(25(19)24-18)14-8-3-4-9-21-14/h3-10,16H,1-2H3,(H2,20,26)(H,22,23,24). The van der Waals surface area contributed by atoms with Crippen LogP contribution in [0.25, 0.3) is 11.4 Å². The first-order valence-corrected chi connectivity index (χ1v) is 8.26. The van der Waals surface area contributed by atoms with Crippen LogP contribution in [0.2, 0.25) is 0 Å². The Kier molecular flexibility index (Phi) is 3.76. The number of allylic oxidation sites excluding steroid dienone is 1. The third-order valence-electron chi connectivity index (χ3n) is 4.36. The van der Waals surface area contributed by atoms with Gasteiger partial charge in [-0.05, 0) is 32.0 Å². The van der Waals surface area contributed by atoms with E-state index in [1.165, 1.54) is 0 Å². The van der Waals surface area contributed by atoms with Crippen LogP contribution < -0.4 is 11.1 Å². The summed E-state index contributed by atoms with van der Waals surface area (Å²) < 4.78 is 1.67. The maximum atomic E-state index is 12.1. The van der Waals surface area contributed by atoms with Crippen LogP contribution in [0, 0.1) is 6.92 Å². The number of rotatable bonds is 3. The number of carbonyl (C=O) groups excluding carboxylic acids is 1. The maximum absolute atomic E-state index is 12.1. The highest BCUT2D eigenvalue weighted by molar-refractivity contribution is 5.95. The lowest BCUT2D eigenvalue weighted by molar-refractivity contribution is -0.115.